The molecule has 0 saturated heterocycles. The van der Waals surface area contributed by atoms with Crippen molar-refractivity contribution in [3.63, 3.8) is 0 Å². The lowest BCUT2D eigenvalue weighted by atomic mass is 9.62. The number of carbonyl (C=O) groups is 2. The van der Waals surface area contributed by atoms with Crippen LogP contribution in [0, 0.1) is 28.6 Å². The minimum absolute atomic E-state index is 0.00730. The average molecular weight is 613 g/mol. The van der Waals surface area contributed by atoms with Crippen molar-refractivity contribution in [2.45, 2.75) is 105 Å². The van der Waals surface area contributed by atoms with Crippen LogP contribution in [-0.4, -0.2) is 61.0 Å². The van der Waals surface area contributed by atoms with Gasteiger partial charge in [-0.25, -0.2) is 29.2 Å². The molecule has 242 valence electrons. The molecule has 44 heavy (non-hydrogen) atoms. The molecule has 0 aromatic carbocycles. The smallest absolute Gasteiger partial charge is 0.407 e. The highest BCUT2D eigenvalue weighted by Gasteiger charge is 2.42. The summed E-state index contributed by atoms with van der Waals surface area (Å²) in [6.45, 7) is 15.2. The first kappa shape index (κ1) is 34.7. The Labute approximate surface area is 259 Å². The first-order chi connectivity index (χ1) is 20.5. The van der Waals surface area contributed by atoms with Crippen LogP contribution in [-0.2, 0) is 20.7 Å². The topological polar surface area (TPSA) is 171 Å². The third-order valence-electron chi connectivity index (χ3n) is 8.83. The van der Waals surface area contributed by atoms with Crippen molar-refractivity contribution >= 4 is 30.1 Å². The summed E-state index contributed by atoms with van der Waals surface area (Å²) in [7, 11) is 0. The number of pyridine rings is 1. The van der Waals surface area contributed by atoms with Gasteiger partial charge in [-0.15, -0.1) is 0 Å². The second-order valence-electron chi connectivity index (χ2n) is 15.1. The van der Waals surface area contributed by atoms with E-state index in [2.05, 4.69) is 72.5 Å². The molecule has 0 spiro atoms. The van der Waals surface area contributed by atoms with Gasteiger partial charge in [0.15, 0.2) is 5.43 Å². The number of hydrogen-bond donors (Lipinski definition) is 4. The van der Waals surface area contributed by atoms with E-state index in [9.17, 15) is 24.0 Å². The molecule has 1 aromatic heterocycles. The fourth-order valence-corrected chi connectivity index (χ4v) is 7.90. The first-order valence-electron chi connectivity index (χ1n) is 15.3. The van der Waals surface area contributed by atoms with E-state index in [4.69, 9.17) is 4.74 Å². The predicted molar refractivity (Wildman–Crippen MR) is 167 cm³/mol. The largest absolute Gasteiger partial charge is 0.449 e. The Bertz CT molecular complexity index is 1380. The zero-order chi connectivity index (χ0) is 32.8. The maximum atomic E-state index is 12.8. The van der Waals surface area contributed by atoms with Crippen molar-refractivity contribution in [1.29, 1.82) is 0 Å². The zero-order valence-electron chi connectivity index (χ0n) is 27.1. The average Bonchev–Trinajstić information content (AvgIpc) is 2.86. The molecule has 3 amide bonds. The number of ether oxygens (including phenoxy) is 1. The van der Waals surface area contributed by atoms with Gasteiger partial charge in [0.2, 0.25) is 12.2 Å². The highest BCUT2D eigenvalue weighted by atomic mass is 16.5. The first-order valence-corrected chi connectivity index (χ1v) is 15.3. The summed E-state index contributed by atoms with van der Waals surface area (Å²) in [6, 6.07) is 0.610. The molecule has 2 fully saturated rings. The SMILES string of the molecule is Cc1[nH]c(NC(=O)NCC2(C)CC(N=C=O)CC(C)(C)C2)cc(=O)c1CCOC(=O)NCC1(C)CC(N=C=O)CC(C)(C)C1. The molecule has 0 aliphatic heterocycles. The Hall–Kier alpha value is -3.75. The standard InChI is InChI=1S/C32H48N6O6/c1-21-24(8-9-44-28(43)34-18-32(7)14-23(36-20-40)12-30(4,5)16-32)25(41)10-26(37-21)38-27(42)33-17-31(6)13-22(35-19-39)11-29(2,3)15-31/h10,22-23H,8-9,11-18H2,1-7H3,(H,34,43)(H3,33,37,38,41,42). The summed E-state index contributed by atoms with van der Waals surface area (Å²) in [5, 5.41) is 8.41. The molecule has 1 aromatic rings. The van der Waals surface area contributed by atoms with Crippen LogP contribution in [0.25, 0.3) is 0 Å². The number of nitrogens with one attached hydrogen (secondary N) is 4. The molecule has 3 rings (SSSR count). The molecular weight excluding hydrogens is 564 g/mol. The predicted octanol–water partition coefficient (Wildman–Crippen LogP) is 4.92. The van der Waals surface area contributed by atoms with Crippen molar-refractivity contribution in [2.75, 3.05) is 25.0 Å². The third-order valence-corrected chi connectivity index (χ3v) is 8.83. The van der Waals surface area contributed by atoms with E-state index in [0.29, 0.717) is 37.2 Å². The van der Waals surface area contributed by atoms with Gasteiger partial charge in [0.05, 0.1) is 18.7 Å². The molecule has 4 atom stereocenters. The molecular formula is C32H48N6O6. The summed E-state index contributed by atoms with van der Waals surface area (Å²) >= 11 is 0. The number of isocyanates is 2. The number of aryl methyl sites for hydroxylation is 1. The molecule has 0 bridgehead atoms. The number of aliphatic imine (C=N–C) groups is 2. The highest BCUT2D eigenvalue weighted by molar-refractivity contribution is 5.88. The number of anilines is 1. The Morgan fingerprint density at radius 3 is 1.93 bits per heavy atom. The normalized spacial score (nSPS) is 27.2. The zero-order valence-corrected chi connectivity index (χ0v) is 27.1. The molecule has 2 saturated carbocycles. The van der Waals surface area contributed by atoms with Gasteiger partial charge in [-0.05, 0) is 67.1 Å². The van der Waals surface area contributed by atoms with Crippen LogP contribution in [0.15, 0.2) is 20.8 Å². The molecule has 1 heterocycles. The number of H-pyrrole nitrogens is 1. The van der Waals surface area contributed by atoms with Crippen LogP contribution >= 0.6 is 0 Å². The van der Waals surface area contributed by atoms with E-state index in [1.54, 1.807) is 19.1 Å². The van der Waals surface area contributed by atoms with Crippen LogP contribution < -0.4 is 21.4 Å². The molecule has 4 unspecified atom stereocenters. The van der Waals surface area contributed by atoms with E-state index in [0.717, 1.165) is 25.7 Å². The Morgan fingerprint density at radius 2 is 1.43 bits per heavy atom. The number of alkyl carbamates (subject to hydrolysis) is 1. The summed E-state index contributed by atoms with van der Waals surface area (Å²) in [6.07, 6.45) is 7.65. The van der Waals surface area contributed by atoms with E-state index in [1.165, 1.54) is 6.07 Å². The summed E-state index contributed by atoms with van der Waals surface area (Å²) in [4.78, 5) is 70.5. The lowest BCUT2D eigenvalue weighted by molar-refractivity contribution is 0.0785. The van der Waals surface area contributed by atoms with Gasteiger partial charge in [0, 0.05) is 36.8 Å². The van der Waals surface area contributed by atoms with E-state index < -0.39 is 12.1 Å². The highest BCUT2D eigenvalue weighted by Crippen LogP contribution is 2.47. The maximum absolute atomic E-state index is 12.8. The monoisotopic (exact) mass is 612 g/mol. The third kappa shape index (κ3) is 10.2. The molecule has 0 radical (unpaired) electrons. The van der Waals surface area contributed by atoms with Gasteiger partial charge in [0.25, 0.3) is 0 Å². The lowest BCUT2D eigenvalue weighted by Crippen LogP contribution is -2.45. The molecule has 12 nitrogen and oxygen atoms in total. The number of aromatic amines is 1. The number of amides is 3. The van der Waals surface area contributed by atoms with Crippen molar-refractivity contribution in [1.82, 2.24) is 15.6 Å². The van der Waals surface area contributed by atoms with Crippen LogP contribution in [0.3, 0.4) is 0 Å². The Morgan fingerprint density at radius 1 is 0.909 bits per heavy atom. The Balaban J connectivity index is 1.49. The summed E-state index contributed by atoms with van der Waals surface area (Å²) < 4.78 is 5.35. The van der Waals surface area contributed by atoms with Crippen LogP contribution in [0.1, 0.15) is 91.3 Å². The number of nitrogens with zero attached hydrogens (tertiary/aromatic N) is 2. The molecule has 2 aliphatic carbocycles. The fraction of sp³-hybridized carbons (Fsp3) is 0.719. The van der Waals surface area contributed by atoms with Gasteiger partial charge in [-0.2, -0.15) is 0 Å². The van der Waals surface area contributed by atoms with Crippen molar-refractivity contribution in [2.24, 2.45) is 31.6 Å². The Kier molecular flexibility index (Phi) is 11.0. The summed E-state index contributed by atoms with van der Waals surface area (Å²) in [5.41, 5.74) is 0.194. The van der Waals surface area contributed by atoms with Crippen LogP contribution in [0.5, 0.6) is 0 Å². The van der Waals surface area contributed by atoms with E-state index in [-0.39, 0.29) is 58.0 Å². The summed E-state index contributed by atoms with van der Waals surface area (Å²) in [5.74, 6) is 0.255. The number of aromatic nitrogens is 1. The molecule has 12 heteroatoms. The number of hydrogen-bond acceptors (Lipinski definition) is 8. The number of carbonyl (C=O) groups excluding carboxylic acids is 4. The minimum atomic E-state index is -0.576. The van der Waals surface area contributed by atoms with Crippen LogP contribution in [0.4, 0.5) is 15.4 Å². The minimum Gasteiger partial charge on any atom is -0.449 e. The second kappa shape index (κ2) is 13.9. The van der Waals surface area contributed by atoms with E-state index in [1.807, 2.05) is 0 Å². The molecule has 2 aliphatic rings. The number of rotatable bonds is 10. The molecule has 4 N–H and O–H groups in total. The van der Waals surface area contributed by atoms with Crippen molar-refractivity contribution in [3.05, 3.63) is 27.5 Å². The fourth-order valence-electron chi connectivity index (χ4n) is 7.90. The number of urea groups is 1. The van der Waals surface area contributed by atoms with Gasteiger partial charge < -0.3 is 20.4 Å². The van der Waals surface area contributed by atoms with Crippen LogP contribution in [0.2, 0.25) is 0 Å². The lowest BCUT2D eigenvalue weighted by Gasteiger charge is -2.45. The van der Waals surface area contributed by atoms with E-state index >= 15 is 0 Å². The van der Waals surface area contributed by atoms with Gasteiger partial charge in [-0.1, -0.05) is 41.5 Å². The second-order valence-corrected chi connectivity index (χ2v) is 15.1. The van der Waals surface area contributed by atoms with Gasteiger partial charge in [-0.3, -0.25) is 10.1 Å². The van der Waals surface area contributed by atoms with Gasteiger partial charge >= 0.3 is 12.1 Å². The van der Waals surface area contributed by atoms with Crippen molar-refractivity contribution in [3.8, 4) is 0 Å². The maximum Gasteiger partial charge on any atom is 0.407 e. The van der Waals surface area contributed by atoms with Gasteiger partial charge in [0.1, 0.15) is 5.82 Å². The van der Waals surface area contributed by atoms with Crippen molar-refractivity contribution < 1.29 is 23.9 Å². The quantitative estimate of drug-likeness (QED) is 0.216.